The lowest BCUT2D eigenvalue weighted by Crippen LogP contribution is -2.47. The Morgan fingerprint density at radius 3 is 1.79 bits per heavy atom. The molecule has 5 heteroatoms. The molecule has 0 fully saturated rings. The van der Waals surface area contributed by atoms with Crippen LogP contribution in [-0.2, 0) is 26.9 Å². The molecule has 3 nitrogen and oxygen atoms in total. The average molecular weight is 779 g/mol. The van der Waals surface area contributed by atoms with E-state index in [4.69, 9.17) is 4.74 Å². The highest BCUT2D eigenvalue weighted by atomic mass is 32.2. The molecule has 1 atom stereocenters. The summed E-state index contributed by atoms with van der Waals surface area (Å²) in [6, 6.07) is 2.52. The van der Waals surface area contributed by atoms with Crippen LogP contribution in [0.4, 0.5) is 0 Å². The third kappa shape index (κ3) is 20.0. The number of ketones is 1. The zero-order chi connectivity index (χ0) is 41.9. The molecule has 0 radical (unpaired) electrons. The average Bonchev–Trinajstić information content (AvgIpc) is 2.97. The van der Waals surface area contributed by atoms with Crippen LogP contribution in [0.2, 0.25) is 0 Å². The highest BCUT2D eigenvalue weighted by molar-refractivity contribution is 8.00. The number of aromatic nitrogens is 1. The maximum absolute atomic E-state index is 11.4. The topological polar surface area (TPSA) is 30.2 Å². The largest absolute Gasteiger partial charge is 0.377 e. The molecule has 0 spiro atoms. The number of hydrogen-bond donors (Lipinski definition) is 0. The standard InChI is InChI=1S/C46H86NO2S2.C2H6/c1-21-24-44(15,16)51-34-42(11,12)31-43(13,14)46(19,20)38-27-37(39(4,5)6)28-47(29-38)32-41(9,10)30-40(7,8)25-26-50-45(17,18)33-49-36(3)23-22-35(2)48;1-2/h27-29,36H,21-26,30-34H2,1-20H3;1-2H3/q+1;. The first-order chi connectivity index (χ1) is 23.7. The predicted molar refractivity (Wildman–Crippen MR) is 242 cm³/mol. The van der Waals surface area contributed by atoms with E-state index in [1.807, 2.05) is 25.6 Å². The van der Waals surface area contributed by atoms with Crippen molar-refractivity contribution < 1.29 is 14.1 Å². The summed E-state index contributed by atoms with van der Waals surface area (Å²) in [6.07, 6.45) is 12.5. The van der Waals surface area contributed by atoms with Gasteiger partial charge in [-0.05, 0) is 99.0 Å². The van der Waals surface area contributed by atoms with E-state index in [9.17, 15) is 4.79 Å². The van der Waals surface area contributed by atoms with Gasteiger partial charge in [-0.15, -0.1) is 0 Å². The first kappa shape index (κ1) is 52.5. The minimum Gasteiger partial charge on any atom is -0.377 e. The third-order valence-electron chi connectivity index (χ3n) is 11.3. The highest BCUT2D eigenvalue weighted by Crippen LogP contribution is 2.50. The molecular formula is C48H92NO2S2+. The number of hydrogen-bond acceptors (Lipinski definition) is 4. The number of rotatable bonds is 23. The summed E-state index contributed by atoms with van der Waals surface area (Å²) in [7, 11) is 0. The number of nitrogens with zero attached hydrogens (tertiary/aromatic N) is 1. The molecular weight excluding hydrogens is 687 g/mol. The Morgan fingerprint density at radius 2 is 1.28 bits per heavy atom. The van der Waals surface area contributed by atoms with Gasteiger partial charge in [0.15, 0.2) is 18.9 Å². The van der Waals surface area contributed by atoms with Crippen LogP contribution in [0.15, 0.2) is 18.5 Å². The summed E-state index contributed by atoms with van der Waals surface area (Å²) in [6.45, 7) is 53.1. The van der Waals surface area contributed by atoms with Gasteiger partial charge in [-0.2, -0.15) is 23.5 Å². The molecule has 0 saturated carbocycles. The molecule has 53 heavy (non-hydrogen) atoms. The Labute approximate surface area is 341 Å². The van der Waals surface area contributed by atoms with Gasteiger partial charge in [-0.3, -0.25) is 0 Å². The second-order valence-corrected chi connectivity index (χ2v) is 25.6. The first-order valence-corrected chi connectivity index (χ1v) is 23.2. The first-order valence-electron chi connectivity index (χ1n) is 21.2. The van der Waals surface area contributed by atoms with Crippen molar-refractivity contribution in [1.29, 1.82) is 0 Å². The zero-order valence-electron chi connectivity index (χ0n) is 39.7. The molecule has 312 valence electrons. The quantitative estimate of drug-likeness (QED) is 0.104. The molecule has 0 aromatic carbocycles. The molecule has 0 aliphatic rings. The zero-order valence-corrected chi connectivity index (χ0v) is 41.3. The van der Waals surface area contributed by atoms with Gasteiger partial charge >= 0.3 is 0 Å². The second-order valence-electron chi connectivity index (χ2n) is 22.1. The van der Waals surface area contributed by atoms with Crippen LogP contribution < -0.4 is 4.57 Å². The van der Waals surface area contributed by atoms with Gasteiger partial charge in [0, 0.05) is 37.9 Å². The van der Waals surface area contributed by atoms with Crippen molar-refractivity contribution in [2.45, 2.75) is 230 Å². The lowest BCUT2D eigenvalue weighted by Gasteiger charge is -2.46. The Kier molecular flexibility index (Phi) is 20.6. The molecule has 1 aromatic heterocycles. The SMILES string of the molecule is CC.CCCC(C)(C)SCC(C)(C)CC(C)(C)C(C)(C)c1cc(C(C)(C)C)c[n+](CC(C)(C)CC(C)(C)CCSC(C)(C)COC(C)CCC(C)=O)c1. The van der Waals surface area contributed by atoms with E-state index in [0.717, 1.165) is 25.1 Å². The van der Waals surface area contributed by atoms with Crippen LogP contribution in [-0.4, -0.2) is 39.5 Å². The van der Waals surface area contributed by atoms with Crippen LogP contribution in [0.25, 0.3) is 0 Å². The molecule has 0 bridgehead atoms. The molecule has 1 unspecified atom stereocenters. The minimum atomic E-state index is -0.000736. The lowest BCUT2D eigenvalue weighted by molar-refractivity contribution is -0.710. The van der Waals surface area contributed by atoms with Crippen molar-refractivity contribution in [3.05, 3.63) is 29.6 Å². The molecule has 1 aromatic rings. The van der Waals surface area contributed by atoms with Crippen LogP contribution in [0.5, 0.6) is 0 Å². The van der Waals surface area contributed by atoms with Crippen LogP contribution in [0.3, 0.4) is 0 Å². The van der Waals surface area contributed by atoms with Gasteiger partial charge in [0.05, 0.1) is 12.7 Å². The molecule has 0 aliphatic carbocycles. The predicted octanol–water partition coefficient (Wildman–Crippen LogP) is 14.4. The molecule has 0 aliphatic heterocycles. The number of ether oxygens (including phenoxy) is 1. The Hall–Kier alpha value is -0.520. The van der Waals surface area contributed by atoms with Crippen molar-refractivity contribution >= 4 is 29.3 Å². The van der Waals surface area contributed by atoms with Crippen molar-refractivity contribution in [1.82, 2.24) is 0 Å². The summed E-state index contributed by atoms with van der Waals surface area (Å²) in [5.41, 5.74) is 3.68. The second kappa shape index (κ2) is 20.8. The van der Waals surface area contributed by atoms with E-state index < -0.39 is 0 Å². The van der Waals surface area contributed by atoms with Crippen LogP contribution in [0, 0.1) is 21.7 Å². The number of pyridine rings is 1. The maximum Gasteiger partial charge on any atom is 0.172 e. The van der Waals surface area contributed by atoms with Gasteiger partial charge in [0.25, 0.3) is 0 Å². The summed E-state index contributed by atoms with van der Waals surface area (Å²) in [4.78, 5) is 11.4. The van der Waals surface area contributed by atoms with Gasteiger partial charge in [0.1, 0.15) is 5.78 Å². The molecule has 1 rings (SSSR count). The van der Waals surface area contributed by atoms with E-state index in [1.54, 1.807) is 6.92 Å². The van der Waals surface area contributed by atoms with E-state index in [-0.39, 0.29) is 49.1 Å². The number of Topliss-reactive ketones (excluding diaryl/α,β-unsaturated/α-hetero) is 1. The molecule has 0 saturated heterocycles. The third-order valence-corrected chi connectivity index (χ3v) is 14.5. The fourth-order valence-corrected chi connectivity index (χ4v) is 10.4. The number of carbonyl (C=O) groups excluding carboxylic acids is 1. The van der Waals surface area contributed by atoms with E-state index >= 15 is 0 Å². The molecule has 0 amide bonds. The Balaban J connectivity index is 0.0000133. The fourth-order valence-electron chi connectivity index (χ4n) is 7.82. The van der Waals surface area contributed by atoms with Crippen molar-refractivity contribution in [3.63, 3.8) is 0 Å². The minimum absolute atomic E-state index is 0.000736. The normalized spacial score (nSPS) is 14.5. The van der Waals surface area contributed by atoms with E-state index in [1.165, 1.54) is 42.6 Å². The summed E-state index contributed by atoms with van der Waals surface area (Å²) in [5.74, 6) is 2.55. The Bertz CT molecular complexity index is 1230. The van der Waals surface area contributed by atoms with E-state index in [2.05, 4.69) is 166 Å². The summed E-state index contributed by atoms with van der Waals surface area (Å²) < 4.78 is 9.08. The van der Waals surface area contributed by atoms with Crippen LogP contribution in [0.1, 0.15) is 208 Å². The maximum atomic E-state index is 11.4. The number of thioether (sulfide) groups is 2. The lowest BCUT2D eigenvalue weighted by atomic mass is 9.59. The van der Waals surface area contributed by atoms with Gasteiger partial charge in [0.2, 0.25) is 0 Å². The van der Waals surface area contributed by atoms with E-state index in [0.29, 0.717) is 17.8 Å². The van der Waals surface area contributed by atoms with Gasteiger partial charge < -0.3 is 9.53 Å². The highest BCUT2D eigenvalue weighted by Gasteiger charge is 2.44. The van der Waals surface area contributed by atoms with Crippen LogP contribution >= 0.6 is 23.5 Å². The van der Waals surface area contributed by atoms with Crippen molar-refractivity contribution in [2.75, 3.05) is 18.1 Å². The van der Waals surface area contributed by atoms with Gasteiger partial charge in [-0.25, -0.2) is 4.57 Å². The van der Waals surface area contributed by atoms with Crippen molar-refractivity contribution in [2.24, 2.45) is 21.7 Å². The smallest absolute Gasteiger partial charge is 0.172 e. The summed E-state index contributed by atoms with van der Waals surface area (Å²) >= 11 is 4.19. The monoisotopic (exact) mass is 779 g/mol. The number of carbonyl (C=O) groups is 1. The summed E-state index contributed by atoms with van der Waals surface area (Å²) in [5, 5.41) is 0. The molecule has 0 N–H and O–H groups in total. The Morgan fingerprint density at radius 1 is 0.736 bits per heavy atom. The van der Waals surface area contributed by atoms with Crippen molar-refractivity contribution in [3.8, 4) is 0 Å². The van der Waals surface area contributed by atoms with Gasteiger partial charge in [-0.1, -0.05) is 131 Å². The fraction of sp³-hybridized carbons (Fsp3) is 0.875. The molecule has 1 heterocycles.